The molecule has 9 nitrogen and oxygen atoms in total. The molecule has 2 amide bonds. The summed E-state index contributed by atoms with van der Waals surface area (Å²) in [5.41, 5.74) is 0.948. The van der Waals surface area contributed by atoms with Gasteiger partial charge in [-0.1, -0.05) is 23.7 Å². The number of nitrogens with zero attached hydrogens (tertiary/aromatic N) is 4. The van der Waals surface area contributed by atoms with Crippen LogP contribution >= 0.6 is 35.3 Å². The zero-order valence-corrected chi connectivity index (χ0v) is 26.6. The van der Waals surface area contributed by atoms with Crippen LogP contribution in [-0.4, -0.2) is 84.1 Å². The molecule has 6 rings (SSSR count). The number of carbonyl (C=O) groups excluding carboxylic acids is 2. The van der Waals surface area contributed by atoms with Gasteiger partial charge in [-0.3, -0.25) is 9.59 Å². The number of hydrogen-bond acceptors (Lipinski definition) is 7. The van der Waals surface area contributed by atoms with Gasteiger partial charge in [0.25, 0.3) is 5.91 Å². The normalized spacial score (nSPS) is 21.6. The highest BCUT2D eigenvalue weighted by Crippen LogP contribution is 2.29. The molecule has 13 heteroatoms. The van der Waals surface area contributed by atoms with E-state index in [2.05, 4.69) is 17.2 Å². The summed E-state index contributed by atoms with van der Waals surface area (Å²) in [5, 5.41) is 6.03. The fraction of sp³-hybridized carbons (Fsp3) is 0.483. The molecule has 0 bridgehead atoms. The molecule has 0 aliphatic carbocycles. The lowest BCUT2D eigenvalue weighted by molar-refractivity contribution is -0.133. The molecule has 1 aromatic heterocycles. The second-order valence-electron chi connectivity index (χ2n) is 11.2. The molecule has 2 fully saturated rings. The Labute approximate surface area is 261 Å². The molecule has 0 spiro atoms. The number of aromatic nitrogens is 1. The van der Waals surface area contributed by atoms with Crippen molar-refractivity contribution < 1.29 is 18.0 Å². The molecule has 0 radical (unpaired) electrons. The Balaban J connectivity index is 0.00000353. The number of benzene rings is 2. The van der Waals surface area contributed by atoms with Crippen molar-refractivity contribution in [2.45, 2.75) is 62.6 Å². The number of piperidine rings is 1. The van der Waals surface area contributed by atoms with E-state index in [1.165, 1.54) is 15.6 Å². The van der Waals surface area contributed by atoms with E-state index in [1.54, 1.807) is 41.3 Å². The first kappa shape index (κ1) is 31.2. The molecule has 3 aliphatic heterocycles. The highest BCUT2D eigenvalue weighted by molar-refractivity contribution is 7.89. The second-order valence-corrected chi connectivity index (χ2v) is 14.6. The van der Waals surface area contributed by atoms with Crippen LogP contribution in [0, 0.1) is 0 Å². The van der Waals surface area contributed by atoms with Crippen molar-refractivity contribution >= 4 is 68.0 Å². The number of sulfonamides is 1. The van der Waals surface area contributed by atoms with Crippen LogP contribution in [0.5, 0.6) is 0 Å². The minimum atomic E-state index is -3.86. The predicted octanol–water partition coefficient (Wildman–Crippen LogP) is 4.32. The molecular weight excluding hydrogens is 617 g/mol. The SMILES string of the molecule is CC1Cc2nc(C(=O)N3CCN(S(=O)(=O)c4ccc5cc(Cl)ccc5c4)CC3CC(=O)N3CCCCC3)sc2CN1.Cl. The predicted molar refractivity (Wildman–Crippen MR) is 167 cm³/mol. The van der Waals surface area contributed by atoms with E-state index in [0.717, 1.165) is 47.0 Å². The number of piperazine rings is 1. The Kier molecular flexibility index (Phi) is 9.46. The van der Waals surface area contributed by atoms with Crippen molar-refractivity contribution in [1.82, 2.24) is 24.4 Å². The number of halogens is 2. The number of nitrogens with one attached hydrogen (secondary N) is 1. The summed E-state index contributed by atoms with van der Waals surface area (Å²) >= 11 is 7.50. The van der Waals surface area contributed by atoms with Crippen molar-refractivity contribution in [2.24, 2.45) is 0 Å². The monoisotopic (exact) mass is 651 g/mol. The molecule has 3 aromatic rings. The van der Waals surface area contributed by atoms with Gasteiger partial charge in [-0.15, -0.1) is 23.7 Å². The maximum atomic E-state index is 13.8. The number of amides is 2. The highest BCUT2D eigenvalue weighted by Gasteiger charge is 2.39. The van der Waals surface area contributed by atoms with Gasteiger partial charge in [0.15, 0.2) is 5.01 Å². The standard InChI is InChI=1S/C29H34ClN5O4S2.ClH/c1-19-13-25-26(17-31-19)40-28(32-25)29(37)35-12-11-34(18-23(35)16-27(36)33-9-3-2-4-10-33)41(38,39)24-8-6-20-14-22(30)7-5-21(20)15-24;/h5-8,14-15,19,23,31H,2-4,9-13,16-18H2,1H3;1H. The van der Waals surface area contributed by atoms with Gasteiger partial charge in [0.05, 0.1) is 16.6 Å². The fourth-order valence-electron chi connectivity index (χ4n) is 5.99. The lowest BCUT2D eigenvalue weighted by atomic mass is 10.1. The smallest absolute Gasteiger partial charge is 0.283 e. The Morgan fingerprint density at radius 3 is 2.57 bits per heavy atom. The highest BCUT2D eigenvalue weighted by atomic mass is 35.5. The summed E-state index contributed by atoms with van der Waals surface area (Å²) in [5.74, 6) is -0.265. The molecule has 2 aromatic carbocycles. The van der Waals surface area contributed by atoms with E-state index in [9.17, 15) is 18.0 Å². The molecule has 4 heterocycles. The van der Waals surface area contributed by atoms with Crippen molar-refractivity contribution in [3.05, 3.63) is 57.0 Å². The van der Waals surface area contributed by atoms with Gasteiger partial charge in [0, 0.05) is 68.1 Å². The Hall–Kier alpha value is -2.28. The van der Waals surface area contributed by atoms with Crippen LogP contribution in [0.4, 0.5) is 0 Å². The average molecular weight is 653 g/mol. The second kappa shape index (κ2) is 12.8. The van der Waals surface area contributed by atoms with Crippen molar-refractivity contribution in [3.63, 3.8) is 0 Å². The molecule has 1 N–H and O–H groups in total. The number of carbonyl (C=O) groups is 2. The summed E-state index contributed by atoms with van der Waals surface area (Å²) in [6.45, 7) is 4.57. The van der Waals surface area contributed by atoms with Crippen molar-refractivity contribution in [1.29, 1.82) is 0 Å². The molecule has 42 heavy (non-hydrogen) atoms. The molecular formula is C29H35Cl2N5O4S2. The lowest BCUT2D eigenvalue weighted by Crippen LogP contribution is -2.57. The fourth-order valence-corrected chi connectivity index (χ4v) is 8.67. The van der Waals surface area contributed by atoms with Crippen LogP contribution in [0.1, 0.15) is 53.0 Å². The van der Waals surface area contributed by atoms with Crippen LogP contribution < -0.4 is 5.32 Å². The van der Waals surface area contributed by atoms with Gasteiger partial charge in [0.2, 0.25) is 15.9 Å². The molecule has 226 valence electrons. The van der Waals surface area contributed by atoms with Gasteiger partial charge >= 0.3 is 0 Å². The first-order chi connectivity index (χ1) is 19.7. The van der Waals surface area contributed by atoms with E-state index < -0.39 is 16.1 Å². The molecule has 2 unspecified atom stereocenters. The molecule has 2 saturated heterocycles. The summed E-state index contributed by atoms with van der Waals surface area (Å²) in [6.07, 6.45) is 3.87. The number of rotatable bonds is 5. The number of hydrogen-bond donors (Lipinski definition) is 1. The number of likely N-dealkylation sites (tertiary alicyclic amines) is 1. The van der Waals surface area contributed by atoms with Gasteiger partial charge in [-0.05, 0) is 61.2 Å². The van der Waals surface area contributed by atoms with Gasteiger partial charge in [-0.2, -0.15) is 4.31 Å². The Morgan fingerprint density at radius 2 is 1.79 bits per heavy atom. The first-order valence-corrected chi connectivity index (χ1v) is 16.8. The lowest BCUT2D eigenvalue weighted by Gasteiger charge is -2.41. The zero-order chi connectivity index (χ0) is 28.7. The van der Waals surface area contributed by atoms with Crippen molar-refractivity contribution in [3.8, 4) is 0 Å². The third-order valence-electron chi connectivity index (χ3n) is 8.31. The quantitative estimate of drug-likeness (QED) is 0.441. The number of fused-ring (bicyclic) bond motifs is 2. The first-order valence-electron chi connectivity index (χ1n) is 14.2. The summed E-state index contributed by atoms with van der Waals surface area (Å²) in [7, 11) is -3.86. The number of thiazole rings is 1. The topological polar surface area (TPSA) is 103 Å². The molecule has 2 atom stereocenters. The Morgan fingerprint density at radius 1 is 1.05 bits per heavy atom. The third kappa shape index (κ3) is 6.32. The summed E-state index contributed by atoms with van der Waals surface area (Å²) < 4.78 is 29.1. The minimum absolute atomic E-state index is 0. The van der Waals surface area contributed by atoms with Gasteiger partial charge < -0.3 is 15.1 Å². The van der Waals surface area contributed by atoms with Crippen LogP contribution in [0.15, 0.2) is 41.3 Å². The summed E-state index contributed by atoms with van der Waals surface area (Å²) in [4.78, 5) is 36.6. The Bertz CT molecular complexity index is 1590. The maximum Gasteiger partial charge on any atom is 0.283 e. The van der Waals surface area contributed by atoms with Crippen molar-refractivity contribution in [2.75, 3.05) is 32.7 Å². The minimum Gasteiger partial charge on any atom is -0.343 e. The van der Waals surface area contributed by atoms with Crippen LogP contribution in [0.25, 0.3) is 10.8 Å². The largest absolute Gasteiger partial charge is 0.343 e. The average Bonchev–Trinajstić information content (AvgIpc) is 3.40. The van der Waals surface area contributed by atoms with E-state index in [-0.39, 0.29) is 55.2 Å². The van der Waals surface area contributed by atoms with Crippen LogP contribution in [-0.2, 0) is 27.8 Å². The van der Waals surface area contributed by atoms with E-state index in [4.69, 9.17) is 11.6 Å². The summed E-state index contributed by atoms with van der Waals surface area (Å²) in [6, 6.07) is 10.0. The van der Waals surface area contributed by atoms with E-state index in [1.807, 2.05) is 4.90 Å². The van der Waals surface area contributed by atoms with Crippen LogP contribution in [0.2, 0.25) is 5.02 Å². The van der Waals surface area contributed by atoms with Gasteiger partial charge in [-0.25, -0.2) is 13.4 Å². The van der Waals surface area contributed by atoms with E-state index >= 15 is 0 Å². The molecule has 3 aliphatic rings. The molecule has 0 saturated carbocycles. The van der Waals surface area contributed by atoms with E-state index in [0.29, 0.717) is 35.7 Å². The third-order valence-corrected chi connectivity index (χ3v) is 11.5. The zero-order valence-electron chi connectivity index (χ0n) is 23.4. The maximum absolute atomic E-state index is 13.8. The van der Waals surface area contributed by atoms with Gasteiger partial charge in [0.1, 0.15) is 0 Å². The van der Waals surface area contributed by atoms with Crippen LogP contribution in [0.3, 0.4) is 0 Å².